The fourth-order valence-corrected chi connectivity index (χ4v) is 2.69. The predicted octanol–water partition coefficient (Wildman–Crippen LogP) is 4.30. The van der Waals surface area contributed by atoms with Crippen molar-refractivity contribution in [3.63, 3.8) is 0 Å². The molecule has 0 heterocycles. The second kappa shape index (κ2) is 6.86. The fraction of sp³-hybridized carbons (Fsp3) is 0.350. The predicted molar refractivity (Wildman–Crippen MR) is 92.3 cm³/mol. The Labute approximate surface area is 137 Å². The highest BCUT2D eigenvalue weighted by Gasteiger charge is 2.22. The van der Waals surface area contributed by atoms with Crippen LogP contribution in [0.25, 0.3) is 0 Å². The van der Waals surface area contributed by atoms with Crippen LogP contribution in [0.3, 0.4) is 0 Å². The third kappa shape index (κ3) is 3.92. The summed E-state index contributed by atoms with van der Waals surface area (Å²) in [5, 5.41) is 9.56. The van der Waals surface area contributed by atoms with Crippen molar-refractivity contribution in [3.8, 4) is 5.75 Å². The van der Waals surface area contributed by atoms with Crippen molar-refractivity contribution in [3.05, 3.63) is 63.7 Å². The molecule has 0 bridgehead atoms. The van der Waals surface area contributed by atoms with Crippen LogP contribution in [0.5, 0.6) is 5.75 Å². The molecule has 122 valence electrons. The zero-order valence-electron chi connectivity index (χ0n) is 14.4. The van der Waals surface area contributed by atoms with Crippen molar-refractivity contribution >= 4 is 5.97 Å². The van der Waals surface area contributed by atoms with E-state index in [-0.39, 0.29) is 0 Å². The van der Waals surface area contributed by atoms with Crippen molar-refractivity contribution in [1.29, 1.82) is 0 Å². The van der Waals surface area contributed by atoms with Crippen LogP contribution in [0.4, 0.5) is 0 Å². The molecule has 2 aromatic rings. The molecule has 0 aliphatic heterocycles. The molecule has 3 heteroatoms. The van der Waals surface area contributed by atoms with E-state index in [1.165, 1.54) is 0 Å². The molecule has 0 unspecified atom stereocenters. The van der Waals surface area contributed by atoms with Gasteiger partial charge in [0.1, 0.15) is 5.75 Å². The van der Waals surface area contributed by atoms with Crippen LogP contribution >= 0.6 is 0 Å². The molecule has 0 spiro atoms. The molecule has 1 atom stereocenters. The first-order chi connectivity index (χ1) is 10.8. The first-order valence-electron chi connectivity index (χ1n) is 7.82. The lowest BCUT2D eigenvalue weighted by atomic mass is 9.98. The third-order valence-corrected chi connectivity index (χ3v) is 4.43. The molecule has 0 radical (unpaired) electrons. The van der Waals surface area contributed by atoms with Gasteiger partial charge in [0.25, 0.3) is 0 Å². The van der Waals surface area contributed by atoms with Gasteiger partial charge in [0.2, 0.25) is 0 Å². The summed E-state index contributed by atoms with van der Waals surface area (Å²) in [6.45, 7) is 10.0. The monoisotopic (exact) mass is 312 g/mol. The first kappa shape index (κ1) is 17.1. The lowest BCUT2D eigenvalue weighted by Crippen LogP contribution is -2.30. The molecule has 1 N–H and O–H groups in total. The van der Waals surface area contributed by atoms with E-state index in [4.69, 9.17) is 4.74 Å². The largest absolute Gasteiger partial charge is 0.478 e. The van der Waals surface area contributed by atoms with Gasteiger partial charge in [-0.05, 0) is 74.1 Å². The van der Waals surface area contributed by atoms with E-state index in [2.05, 4.69) is 6.07 Å². The van der Waals surface area contributed by atoms with E-state index in [0.29, 0.717) is 12.2 Å². The maximum atomic E-state index is 11.7. The summed E-state index contributed by atoms with van der Waals surface area (Å²) in [7, 11) is 0. The molecule has 0 amide bonds. The second-order valence-electron chi connectivity index (χ2n) is 6.21. The van der Waals surface area contributed by atoms with Crippen LogP contribution in [0.2, 0.25) is 0 Å². The smallest absolute Gasteiger partial charge is 0.345 e. The summed E-state index contributed by atoms with van der Waals surface area (Å²) in [5.41, 5.74) is 6.46. The second-order valence-corrected chi connectivity index (χ2v) is 6.21. The minimum atomic E-state index is -0.940. The minimum absolute atomic E-state index is 0.356. The minimum Gasteiger partial charge on any atom is -0.478 e. The van der Waals surface area contributed by atoms with Crippen LogP contribution in [0.15, 0.2) is 30.3 Å². The maximum Gasteiger partial charge on any atom is 0.345 e. The Morgan fingerprint density at radius 1 is 1.04 bits per heavy atom. The standard InChI is InChI=1S/C20H24O3/c1-12-9-14(3)16(5)18(10-12)23-19(20(21)22)11-17-8-6-7-13(2)15(17)4/h6-10,19H,11H2,1-5H3,(H,21,22)/t19-/m1/s1. The summed E-state index contributed by atoms with van der Waals surface area (Å²) in [6, 6.07) is 9.93. The Morgan fingerprint density at radius 3 is 2.39 bits per heavy atom. The summed E-state index contributed by atoms with van der Waals surface area (Å²) < 4.78 is 5.87. The SMILES string of the molecule is Cc1cc(C)c(C)c(O[C@H](Cc2cccc(C)c2C)C(=O)O)c1. The number of carbonyl (C=O) groups is 1. The van der Waals surface area contributed by atoms with Crippen molar-refractivity contribution in [2.75, 3.05) is 0 Å². The van der Waals surface area contributed by atoms with E-state index < -0.39 is 12.1 Å². The lowest BCUT2D eigenvalue weighted by Gasteiger charge is -2.19. The zero-order chi connectivity index (χ0) is 17.1. The van der Waals surface area contributed by atoms with Gasteiger partial charge in [0, 0.05) is 6.42 Å². The van der Waals surface area contributed by atoms with Crippen LogP contribution in [0, 0.1) is 34.6 Å². The Morgan fingerprint density at radius 2 is 1.74 bits per heavy atom. The van der Waals surface area contributed by atoms with Gasteiger partial charge in [0.15, 0.2) is 6.10 Å². The van der Waals surface area contributed by atoms with E-state index in [1.54, 1.807) is 0 Å². The number of carboxylic acid groups (broad SMARTS) is 1. The molecule has 0 saturated carbocycles. The molecule has 0 aromatic heterocycles. The maximum absolute atomic E-state index is 11.7. The van der Waals surface area contributed by atoms with Gasteiger partial charge in [-0.25, -0.2) is 4.79 Å². The number of benzene rings is 2. The topological polar surface area (TPSA) is 46.5 Å². The van der Waals surface area contributed by atoms with Crippen LogP contribution in [-0.4, -0.2) is 17.2 Å². The van der Waals surface area contributed by atoms with E-state index in [9.17, 15) is 9.90 Å². The molecule has 2 aromatic carbocycles. The van der Waals surface area contributed by atoms with E-state index in [1.807, 2.05) is 58.9 Å². The highest BCUT2D eigenvalue weighted by molar-refractivity contribution is 5.73. The van der Waals surface area contributed by atoms with Gasteiger partial charge in [0.05, 0.1) is 0 Å². The van der Waals surface area contributed by atoms with Crippen molar-refractivity contribution < 1.29 is 14.6 Å². The van der Waals surface area contributed by atoms with Crippen molar-refractivity contribution in [1.82, 2.24) is 0 Å². The van der Waals surface area contributed by atoms with Gasteiger partial charge in [-0.1, -0.05) is 24.3 Å². The number of hydrogen-bond acceptors (Lipinski definition) is 2. The Kier molecular flexibility index (Phi) is 5.09. The normalized spacial score (nSPS) is 12.0. The van der Waals surface area contributed by atoms with Gasteiger partial charge in [-0.15, -0.1) is 0 Å². The lowest BCUT2D eigenvalue weighted by molar-refractivity contribution is -0.145. The van der Waals surface area contributed by atoms with Gasteiger partial charge in [-0.2, -0.15) is 0 Å². The Balaban J connectivity index is 2.30. The molecule has 0 aliphatic rings. The average molecular weight is 312 g/mol. The van der Waals surface area contributed by atoms with Crippen LogP contribution < -0.4 is 4.74 Å². The average Bonchev–Trinajstić information content (AvgIpc) is 2.47. The number of carboxylic acids is 1. The number of hydrogen-bond donors (Lipinski definition) is 1. The van der Waals surface area contributed by atoms with Gasteiger partial charge < -0.3 is 9.84 Å². The number of ether oxygens (including phenoxy) is 1. The number of aliphatic carboxylic acids is 1. The van der Waals surface area contributed by atoms with Crippen molar-refractivity contribution in [2.45, 2.75) is 47.1 Å². The van der Waals surface area contributed by atoms with Gasteiger partial charge in [-0.3, -0.25) is 0 Å². The van der Waals surface area contributed by atoms with Crippen molar-refractivity contribution in [2.24, 2.45) is 0 Å². The van der Waals surface area contributed by atoms with E-state index >= 15 is 0 Å². The Hall–Kier alpha value is -2.29. The third-order valence-electron chi connectivity index (χ3n) is 4.43. The molecule has 23 heavy (non-hydrogen) atoms. The summed E-state index contributed by atoms with van der Waals surface area (Å²) in [6.07, 6.45) is -0.537. The number of aryl methyl sites for hydroxylation is 3. The molecule has 0 aliphatic carbocycles. The van der Waals surface area contributed by atoms with E-state index in [0.717, 1.165) is 33.4 Å². The Bertz CT molecular complexity index is 732. The molecular formula is C20H24O3. The quantitative estimate of drug-likeness (QED) is 0.895. The van der Waals surface area contributed by atoms with Gasteiger partial charge >= 0.3 is 5.97 Å². The highest BCUT2D eigenvalue weighted by atomic mass is 16.5. The van der Waals surface area contributed by atoms with Crippen LogP contribution in [-0.2, 0) is 11.2 Å². The molecule has 0 saturated heterocycles. The summed E-state index contributed by atoms with van der Waals surface area (Å²) in [5.74, 6) is -0.287. The number of rotatable bonds is 5. The molecule has 0 fully saturated rings. The molecule has 3 nitrogen and oxygen atoms in total. The zero-order valence-corrected chi connectivity index (χ0v) is 14.4. The molecule has 2 rings (SSSR count). The first-order valence-corrected chi connectivity index (χ1v) is 7.82. The van der Waals surface area contributed by atoms with Crippen LogP contribution in [0.1, 0.15) is 33.4 Å². The fourth-order valence-electron chi connectivity index (χ4n) is 2.69. The molecular weight excluding hydrogens is 288 g/mol. The summed E-state index contributed by atoms with van der Waals surface area (Å²) in [4.78, 5) is 11.7. The highest BCUT2D eigenvalue weighted by Crippen LogP contribution is 2.25. The summed E-state index contributed by atoms with van der Waals surface area (Å²) >= 11 is 0.